The lowest BCUT2D eigenvalue weighted by Crippen LogP contribution is -2.46. The molecule has 31 heavy (non-hydrogen) atoms. The van der Waals surface area contributed by atoms with Crippen LogP contribution in [0.15, 0.2) is 51.9 Å². The first-order valence-electron chi connectivity index (χ1n) is 11.0. The largest absolute Gasteiger partial charge is 0.355 e. The molecule has 0 aromatic heterocycles. The number of nitrogens with zero attached hydrogens (tertiary/aromatic N) is 4. The Labute approximate surface area is 184 Å². The number of piperidine rings is 1. The van der Waals surface area contributed by atoms with Crippen LogP contribution in [-0.4, -0.2) is 40.6 Å². The fourth-order valence-corrected chi connectivity index (χ4v) is 4.35. The maximum atomic E-state index is 12.2. The Balaban J connectivity index is 1.54. The number of likely N-dealkylation sites (tertiary alicyclic amines) is 1. The molecule has 164 valence electrons. The van der Waals surface area contributed by atoms with E-state index in [0.717, 1.165) is 47.4 Å². The van der Waals surface area contributed by atoms with Crippen LogP contribution in [-0.2, 0) is 10.2 Å². The lowest BCUT2D eigenvalue weighted by Gasteiger charge is -2.36. The molecule has 0 spiro atoms. The predicted molar refractivity (Wildman–Crippen MR) is 126 cm³/mol. The second-order valence-corrected chi connectivity index (χ2v) is 9.14. The van der Waals surface area contributed by atoms with Gasteiger partial charge in [0.2, 0.25) is 5.91 Å². The molecular weight excluding hydrogens is 388 g/mol. The lowest BCUT2D eigenvalue weighted by molar-refractivity contribution is -0.119. The van der Waals surface area contributed by atoms with Gasteiger partial charge in [-0.3, -0.25) is 15.2 Å². The number of carbonyl (C=O) groups is 1. The molecule has 1 saturated heterocycles. The zero-order valence-electron chi connectivity index (χ0n) is 19.1. The molecule has 3 aliphatic heterocycles. The summed E-state index contributed by atoms with van der Waals surface area (Å²) in [7, 11) is 0. The Hall–Kier alpha value is -3.09. The smallest absolute Gasteiger partial charge is 0.234 e. The average Bonchev–Trinajstić information content (AvgIpc) is 2.96. The van der Waals surface area contributed by atoms with Gasteiger partial charge in [0.25, 0.3) is 0 Å². The highest BCUT2D eigenvalue weighted by Crippen LogP contribution is 2.39. The van der Waals surface area contributed by atoms with Crippen LogP contribution < -0.4 is 10.7 Å². The topological polar surface area (TPSA) is 72.3 Å². The lowest BCUT2D eigenvalue weighted by atomic mass is 9.86. The van der Waals surface area contributed by atoms with Crippen LogP contribution in [0.2, 0.25) is 0 Å². The van der Waals surface area contributed by atoms with Gasteiger partial charge in [-0.25, -0.2) is 9.98 Å². The van der Waals surface area contributed by atoms with Crippen molar-refractivity contribution in [2.45, 2.75) is 59.3 Å². The number of aliphatic imine (C=N–C) groups is 2. The minimum atomic E-state index is -0.508. The molecule has 1 aromatic rings. The van der Waals surface area contributed by atoms with Gasteiger partial charge in [0.05, 0.1) is 11.1 Å². The maximum absolute atomic E-state index is 12.2. The summed E-state index contributed by atoms with van der Waals surface area (Å²) in [5.74, 6) is 1.80. The van der Waals surface area contributed by atoms with Crippen molar-refractivity contribution in [3.05, 3.63) is 47.4 Å². The van der Waals surface area contributed by atoms with Crippen LogP contribution in [0.5, 0.6) is 0 Å². The Morgan fingerprint density at radius 1 is 1.16 bits per heavy atom. The fourth-order valence-electron chi connectivity index (χ4n) is 4.35. The summed E-state index contributed by atoms with van der Waals surface area (Å²) in [6.45, 7) is 12.1. The van der Waals surface area contributed by atoms with Gasteiger partial charge >= 0.3 is 0 Å². The van der Waals surface area contributed by atoms with Gasteiger partial charge in [0.1, 0.15) is 11.5 Å². The van der Waals surface area contributed by atoms with Crippen molar-refractivity contribution in [3.8, 4) is 0 Å². The number of anilines is 1. The molecule has 1 fully saturated rings. The van der Waals surface area contributed by atoms with E-state index < -0.39 is 5.41 Å². The summed E-state index contributed by atoms with van der Waals surface area (Å²) in [5, 5.41) is 4.97. The highest BCUT2D eigenvalue weighted by atomic mass is 16.2. The average molecular weight is 421 g/mol. The number of hydrazine groups is 1. The van der Waals surface area contributed by atoms with Crippen molar-refractivity contribution < 1.29 is 4.79 Å². The Morgan fingerprint density at radius 3 is 2.61 bits per heavy atom. The van der Waals surface area contributed by atoms with E-state index >= 15 is 0 Å². The van der Waals surface area contributed by atoms with Gasteiger partial charge in [0, 0.05) is 31.2 Å². The number of amides is 1. The van der Waals surface area contributed by atoms with Crippen molar-refractivity contribution in [2.24, 2.45) is 9.98 Å². The molecule has 3 heterocycles. The summed E-state index contributed by atoms with van der Waals surface area (Å²) >= 11 is 0. The minimum Gasteiger partial charge on any atom is -0.355 e. The minimum absolute atomic E-state index is 0.0228. The van der Waals surface area contributed by atoms with Crippen LogP contribution in [0.25, 0.3) is 0 Å². The second kappa shape index (κ2) is 8.21. The van der Waals surface area contributed by atoms with Crippen molar-refractivity contribution in [1.29, 1.82) is 0 Å². The molecular formula is C24H32N6O. The number of amidine groups is 2. The van der Waals surface area contributed by atoms with E-state index in [1.165, 1.54) is 24.8 Å². The number of fused-ring (bicyclic) bond motifs is 1. The highest BCUT2D eigenvalue weighted by Gasteiger charge is 2.38. The second-order valence-electron chi connectivity index (χ2n) is 9.14. The third kappa shape index (κ3) is 4.09. The highest BCUT2D eigenvalue weighted by molar-refractivity contribution is 6.06. The summed E-state index contributed by atoms with van der Waals surface area (Å²) in [4.78, 5) is 24.0. The number of carbonyl (C=O) groups excluding carboxylic acids is 1. The number of hydrogen-bond acceptors (Lipinski definition) is 5. The van der Waals surface area contributed by atoms with E-state index in [2.05, 4.69) is 29.5 Å². The fraction of sp³-hybridized carbons (Fsp3) is 0.458. The van der Waals surface area contributed by atoms with Crippen LogP contribution in [0, 0.1) is 0 Å². The third-order valence-corrected chi connectivity index (χ3v) is 6.07. The Bertz CT molecular complexity index is 1010. The normalized spacial score (nSPS) is 20.4. The number of rotatable bonds is 2. The van der Waals surface area contributed by atoms with Gasteiger partial charge in [-0.15, -0.1) is 0 Å². The molecule has 7 heteroatoms. The summed E-state index contributed by atoms with van der Waals surface area (Å²) < 4.78 is 0. The third-order valence-electron chi connectivity index (χ3n) is 6.07. The van der Waals surface area contributed by atoms with E-state index in [4.69, 9.17) is 9.98 Å². The Morgan fingerprint density at radius 2 is 1.90 bits per heavy atom. The standard InChI is InChI=1S/C24H32N6O/c1-16(2)21-22(29-12-7-6-8-13-29)25-11-14-30(21)28-17(3)26-18-9-10-19-20(15-18)27-23(31)24(19,4)5/h9-11,14-15H,6-8,12-13H2,1-5H3,(H,26,28)(H,27,31). The van der Waals surface area contributed by atoms with Crippen molar-refractivity contribution in [2.75, 3.05) is 18.4 Å². The van der Waals surface area contributed by atoms with Gasteiger partial charge in [-0.2, -0.15) is 0 Å². The zero-order chi connectivity index (χ0) is 22.2. The molecule has 0 atom stereocenters. The van der Waals surface area contributed by atoms with E-state index in [1.54, 1.807) is 0 Å². The molecule has 0 bridgehead atoms. The van der Waals surface area contributed by atoms with Crippen LogP contribution in [0.4, 0.5) is 11.4 Å². The molecule has 0 radical (unpaired) electrons. The first kappa shape index (κ1) is 21.2. The Kier molecular flexibility index (Phi) is 5.60. The monoisotopic (exact) mass is 420 g/mol. The molecule has 0 unspecified atom stereocenters. The number of benzene rings is 1. The SMILES string of the molecule is CC(=Nc1ccc2c(c1)NC(=O)C2(C)C)NN1C=CN=C(N2CCCCC2)C1=C(C)C. The van der Waals surface area contributed by atoms with E-state index in [1.807, 2.05) is 56.4 Å². The van der Waals surface area contributed by atoms with Crippen molar-refractivity contribution in [1.82, 2.24) is 15.3 Å². The van der Waals surface area contributed by atoms with Crippen LogP contribution in [0.1, 0.15) is 59.4 Å². The number of hydrogen-bond donors (Lipinski definition) is 2. The van der Waals surface area contributed by atoms with Crippen LogP contribution >= 0.6 is 0 Å². The molecule has 0 aliphatic carbocycles. The summed E-state index contributed by atoms with van der Waals surface area (Å²) in [6.07, 6.45) is 7.47. The van der Waals surface area contributed by atoms with Gasteiger partial charge in [-0.05, 0) is 77.2 Å². The van der Waals surface area contributed by atoms with Crippen molar-refractivity contribution in [3.63, 3.8) is 0 Å². The molecule has 4 rings (SSSR count). The zero-order valence-corrected chi connectivity index (χ0v) is 19.1. The first-order valence-corrected chi connectivity index (χ1v) is 11.0. The molecule has 3 aliphatic rings. The van der Waals surface area contributed by atoms with Crippen LogP contribution in [0.3, 0.4) is 0 Å². The van der Waals surface area contributed by atoms with Crippen molar-refractivity contribution >= 4 is 29.0 Å². The van der Waals surface area contributed by atoms with Gasteiger partial charge in [0.15, 0.2) is 5.84 Å². The molecule has 7 nitrogen and oxygen atoms in total. The molecule has 1 aromatic carbocycles. The summed E-state index contributed by atoms with van der Waals surface area (Å²) in [6, 6.07) is 5.88. The molecule has 1 amide bonds. The maximum Gasteiger partial charge on any atom is 0.234 e. The van der Waals surface area contributed by atoms with E-state index in [9.17, 15) is 4.79 Å². The van der Waals surface area contributed by atoms with Gasteiger partial charge in [-0.1, -0.05) is 6.07 Å². The molecule has 0 saturated carbocycles. The molecule has 2 N–H and O–H groups in total. The predicted octanol–water partition coefficient (Wildman–Crippen LogP) is 4.44. The summed E-state index contributed by atoms with van der Waals surface area (Å²) in [5.41, 5.74) is 7.81. The van der Waals surface area contributed by atoms with Gasteiger partial charge < -0.3 is 10.2 Å². The first-order chi connectivity index (χ1) is 14.8. The van der Waals surface area contributed by atoms with E-state index in [-0.39, 0.29) is 5.91 Å². The number of allylic oxidation sites excluding steroid dienone is 1. The number of nitrogens with one attached hydrogen (secondary N) is 2. The quantitative estimate of drug-likeness (QED) is 0.548. The van der Waals surface area contributed by atoms with E-state index in [0.29, 0.717) is 0 Å².